The van der Waals surface area contributed by atoms with Crippen molar-refractivity contribution >= 4 is 11.6 Å². The summed E-state index contributed by atoms with van der Waals surface area (Å²) in [5.41, 5.74) is 3.56. The number of hydrogen-bond acceptors (Lipinski definition) is 2. The normalized spacial score (nSPS) is 19.3. The maximum Gasteiger partial charge on any atom is 0.241 e. The summed E-state index contributed by atoms with van der Waals surface area (Å²) < 4.78 is 0. The Morgan fingerprint density at radius 3 is 2.84 bits per heavy atom. The first-order valence-corrected chi connectivity index (χ1v) is 7.15. The number of anilines is 1. The molecule has 1 amide bonds. The molecule has 2 rings (SSSR count). The number of carbonyl (C=O) groups is 1. The minimum Gasteiger partial charge on any atom is -0.376 e. The highest BCUT2D eigenvalue weighted by Gasteiger charge is 2.20. The van der Waals surface area contributed by atoms with Crippen molar-refractivity contribution in [1.29, 1.82) is 0 Å². The van der Waals surface area contributed by atoms with Gasteiger partial charge >= 0.3 is 0 Å². The highest BCUT2D eigenvalue weighted by atomic mass is 16.2. The SMILES string of the molecule is Cc1ccc(NCC(=O)N2CCCC(C)C2)cc1C. The van der Waals surface area contributed by atoms with E-state index in [0.29, 0.717) is 12.5 Å². The second-order valence-corrected chi connectivity index (χ2v) is 5.74. The largest absolute Gasteiger partial charge is 0.376 e. The second kappa shape index (κ2) is 6.09. The van der Waals surface area contributed by atoms with Gasteiger partial charge in [0.25, 0.3) is 0 Å². The average molecular weight is 260 g/mol. The molecule has 1 atom stereocenters. The molecule has 1 unspecified atom stereocenters. The van der Waals surface area contributed by atoms with Gasteiger partial charge in [0.05, 0.1) is 6.54 Å². The minimum atomic E-state index is 0.213. The van der Waals surface area contributed by atoms with Crippen LogP contribution in [0.3, 0.4) is 0 Å². The number of likely N-dealkylation sites (tertiary alicyclic amines) is 1. The van der Waals surface area contributed by atoms with Crippen LogP contribution in [0, 0.1) is 19.8 Å². The molecule has 0 bridgehead atoms. The maximum atomic E-state index is 12.1. The van der Waals surface area contributed by atoms with Gasteiger partial charge in [-0.15, -0.1) is 0 Å². The topological polar surface area (TPSA) is 32.3 Å². The van der Waals surface area contributed by atoms with Gasteiger partial charge in [0.15, 0.2) is 0 Å². The lowest BCUT2D eigenvalue weighted by Gasteiger charge is -2.31. The Balaban J connectivity index is 1.87. The van der Waals surface area contributed by atoms with Gasteiger partial charge in [-0.25, -0.2) is 0 Å². The summed E-state index contributed by atoms with van der Waals surface area (Å²) in [7, 11) is 0. The molecule has 0 radical (unpaired) electrons. The molecule has 1 aromatic rings. The number of benzene rings is 1. The molecule has 1 N–H and O–H groups in total. The number of hydrogen-bond donors (Lipinski definition) is 1. The molecule has 1 aliphatic heterocycles. The smallest absolute Gasteiger partial charge is 0.241 e. The quantitative estimate of drug-likeness (QED) is 0.906. The lowest BCUT2D eigenvalue weighted by atomic mass is 10.0. The average Bonchev–Trinajstić information content (AvgIpc) is 2.40. The van der Waals surface area contributed by atoms with Gasteiger partial charge in [-0.3, -0.25) is 4.79 Å². The van der Waals surface area contributed by atoms with E-state index in [1.165, 1.54) is 17.5 Å². The third-order valence-corrected chi connectivity index (χ3v) is 3.96. The Hall–Kier alpha value is -1.51. The Morgan fingerprint density at radius 2 is 2.16 bits per heavy atom. The second-order valence-electron chi connectivity index (χ2n) is 5.74. The zero-order valence-corrected chi connectivity index (χ0v) is 12.2. The summed E-state index contributed by atoms with van der Waals surface area (Å²) in [5.74, 6) is 0.851. The van der Waals surface area contributed by atoms with Crippen LogP contribution in [-0.4, -0.2) is 30.4 Å². The van der Waals surface area contributed by atoms with Gasteiger partial charge in [0.2, 0.25) is 5.91 Å². The van der Waals surface area contributed by atoms with Crippen LogP contribution in [0.2, 0.25) is 0 Å². The van der Waals surface area contributed by atoms with Crippen molar-refractivity contribution in [2.75, 3.05) is 25.0 Å². The molecule has 1 heterocycles. The summed E-state index contributed by atoms with van der Waals surface area (Å²) in [6, 6.07) is 6.22. The molecule has 0 aliphatic carbocycles. The van der Waals surface area contributed by atoms with Crippen LogP contribution in [0.15, 0.2) is 18.2 Å². The maximum absolute atomic E-state index is 12.1. The molecule has 19 heavy (non-hydrogen) atoms. The summed E-state index contributed by atoms with van der Waals surface area (Å²) >= 11 is 0. The Morgan fingerprint density at radius 1 is 1.37 bits per heavy atom. The molecule has 1 saturated heterocycles. The van der Waals surface area contributed by atoms with E-state index in [1.807, 2.05) is 11.0 Å². The third-order valence-electron chi connectivity index (χ3n) is 3.96. The molecule has 1 aliphatic rings. The fraction of sp³-hybridized carbons (Fsp3) is 0.562. The van der Waals surface area contributed by atoms with Gasteiger partial charge in [-0.1, -0.05) is 13.0 Å². The van der Waals surface area contributed by atoms with E-state index in [0.717, 1.165) is 25.2 Å². The number of nitrogens with zero attached hydrogens (tertiary/aromatic N) is 1. The third kappa shape index (κ3) is 3.72. The molecular formula is C16H24N2O. The molecule has 1 aromatic carbocycles. The Bertz CT molecular complexity index is 456. The first-order valence-electron chi connectivity index (χ1n) is 7.15. The van der Waals surface area contributed by atoms with Gasteiger partial charge in [0.1, 0.15) is 0 Å². The van der Waals surface area contributed by atoms with Crippen molar-refractivity contribution < 1.29 is 4.79 Å². The summed E-state index contributed by atoms with van der Waals surface area (Å²) in [6.45, 7) is 8.63. The molecule has 0 spiro atoms. The first kappa shape index (κ1) is 13.9. The van der Waals surface area contributed by atoms with Crippen molar-refractivity contribution in [3.05, 3.63) is 29.3 Å². The van der Waals surface area contributed by atoms with E-state index in [4.69, 9.17) is 0 Å². The Labute approximate surface area is 116 Å². The summed E-state index contributed by atoms with van der Waals surface area (Å²) in [6.07, 6.45) is 2.38. The van der Waals surface area contributed by atoms with Gasteiger partial charge in [-0.2, -0.15) is 0 Å². The minimum absolute atomic E-state index is 0.213. The molecule has 0 saturated carbocycles. The number of amides is 1. The van der Waals surface area contributed by atoms with E-state index in [1.54, 1.807) is 0 Å². The predicted molar refractivity (Wildman–Crippen MR) is 79.4 cm³/mol. The standard InChI is InChI=1S/C16H24N2O/c1-12-5-4-8-18(11-12)16(19)10-17-15-7-6-13(2)14(3)9-15/h6-7,9,12,17H,4-5,8,10-11H2,1-3H3. The summed E-state index contributed by atoms with van der Waals surface area (Å²) in [5, 5.41) is 3.23. The zero-order chi connectivity index (χ0) is 13.8. The molecule has 1 fully saturated rings. The summed E-state index contributed by atoms with van der Waals surface area (Å²) in [4.78, 5) is 14.1. The lowest BCUT2D eigenvalue weighted by molar-refractivity contribution is -0.130. The van der Waals surface area contributed by atoms with Crippen molar-refractivity contribution in [3.8, 4) is 0 Å². The fourth-order valence-electron chi connectivity index (χ4n) is 2.56. The highest BCUT2D eigenvalue weighted by molar-refractivity contribution is 5.81. The first-order chi connectivity index (χ1) is 9.06. The van der Waals surface area contributed by atoms with Crippen LogP contribution >= 0.6 is 0 Å². The zero-order valence-electron chi connectivity index (χ0n) is 12.2. The number of nitrogens with one attached hydrogen (secondary N) is 1. The van der Waals surface area contributed by atoms with Crippen LogP contribution in [0.1, 0.15) is 30.9 Å². The van der Waals surface area contributed by atoms with Crippen LogP contribution < -0.4 is 5.32 Å². The monoisotopic (exact) mass is 260 g/mol. The number of piperidine rings is 1. The highest BCUT2D eigenvalue weighted by Crippen LogP contribution is 2.16. The molecule has 3 nitrogen and oxygen atoms in total. The van der Waals surface area contributed by atoms with Crippen molar-refractivity contribution in [2.24, 2.45) is 5.92 Å². The molecule has 0 aromatic heterocycles. The molecular weight excluding hydrogens is 236 g/mol. The van der Waals surface area contributed by atoms with Crippen LogP contribution in [0.4, 0.5) is 5.69 Å². The number of carbonyl (C=O) groups excluding carboxylic acids is 1. The van der Waals surface area contributed by atoms with Crippen molar-refractivity contribution in [1.82, 2.24) is 4.90 Å². The van der Waals surface area contributed by atoms with Gasteiger partial charge in [0, 0.05) is 18.8 Å². The molecule has 104 valence electrons. The van der Waals surface area contributed by atoms with E-state index in [9.17, 15) is 4.79 Å². The fourth-order valence-corrected chi connectivity index (χ4v) is 2.56. The van der Waals surface area contributed by atoms with E-state index in [2.05, 4.69) is 38.2 Å². The molecule has 3 heteroatoms. The van der Waals surface area contributed by atoms with Crippen molar-refractivity contribution in [3.63, 3.8) is 0 Å². The van der Waals surface area contributed by atoms with Gasteiger partial charge in [-0.05, 0) is 55.9 Å². The lowest BCUT2D eigenvalue weighted by Crippen LogP contribution is -2.41. The van der Waals surface area contributed by atoms with E-state index in [-0.39, 0.29) is 5.91 Å². The van der Waals surface area contributed by atoms with E-state index >= 15 is 0 Å². The van der Waals surface area contributed by atoms with Crippen LogP contribution in [-0.2, 0) is 4.79 Å². The van der Waals surface area contributed by atoms with Crippen LogP contribution in [0.25, 0.3) is 0 Å². The van der Waals surface area contributed by atoms with E-state index < -0.39 is 0 Å². The van der Waals surface area contributed by atoms with Crippen molar-refractivity contribution in [2.45, 2.75) is 33.6 Å². The number of aryl methyl sites for hydroxylation is 2. The predicted octanol–water partition coefficient (Wildman–Crippen LogP) is 2.97. The Kier molecular flexibility index (Phi) is 4.46. The number of rotatable bonds is 3. The van der Waals surface area contributed by atoms with Gasteiger partial charge < -0.3 is 10.2 Å². The van der Waals surface area contributed by atoms with Crippen LogP contribution in [0.5, 0.6) is 0 Å².